The van der Waals surface area contributed by atoms with Crippen LogP contribution in [0.3, 0.4) is 0 Å². The maximum Gasteiger partial charge on any atom is 0.266 e. The van der Waals surface area contributed by atoms with Crippen LogP contribution < -0.4 is 11.1 Å². The van der Waals surface area contributed by atoms with Crippen LogP contribution in [-0.4, -0.2) is 36.1 Å². The highest BCUT2D eigenvalue weighted by atomic mass is 32.2. The van der Waals surface area contributed by atoms with Gasteiger partial charge in [0.25, 0.3) is 6.04 Å². The predicted molar refractivity (Wildman–Crippen MR) is 86.2 cm³/mol. The first-order valence-corrected chi connectivity index (χ1v) is 8.25. The third kappa shape index (κ3) is 5.89. The van der Waals surface area contributed by atoms with E-state index in [4.69, 9.17) is 5.73 Å². The summed E-state index contributed by atoms with van der Waals surface area (Å²) in [5.74, 6) is 1.85. The second-order valence-electron chi connectivity index (χ2n) is 4.22. The van der Waals surface area contributed by atoms with Crippen molar-refractivity contribution in [3.63, 3.8) is 0 Å². The molecule has 3 N–H and O–H groups in total. The molecule has 1 atom stereocenters. The molecule has 0 saturated carbocycles. The number of rotatable bonds is 9. The number of thioether (sulfide) groups is 1. The number of nitrogens with two attached hydrogens (primary N) is 1. The first-order chi connectivity index (χ1) is 9.54. The molecule has 0 saturated heterocycles. The van der Waals surface area contributed by atoms with Gasteiger partial charge >= 0.3 is 0 Å². The van der Waals surface area contributed by atoms with E-state index in [0.29, 0.717) is 6.54 Å². The Kier molecular flexibility index (Phi) is 7.56. The number of hydrogen-bond acceptors (Lipinski definition) is 6. The molecule has 1 aromatic heterocycles. The summed E-state index contributed by atoms with van der Waals surface area (Å²) in [4.78, 5) is 16.8. The summed E-state index contributed by atoms with van der Waals surface area (Å²) >= 11 is 3.55. The second-order valence-corrected chi connectivity index (χ2v) is 6.58. The number of nitrogens with one attached hydrogen (secondary N) is 1. The molecule has 1 heterocycles. The fourth-order valence-electron chi connectivity index (χ4n) is 1.42. The van der Waals surface area contributed by atoms with E-state index >= 15 is 0 Å². The van der Waals surface area contributed by atoms with E-state index in [9.17, 15) is 10.1 Å². The van der Waals surface area contributed by atoms with Crippen molar-refractivity contribution in [2.24, 2.45) is 10.7 Å². The quantitative estimate of drug-likeness (QED) is 0.238. The van der Waals surface area contributed by atoms with Crippen LogP contribution in [0.2, 0.25) is 0 Å². The minimum atomic E-state index is -0.901. The number of aliphatic imine (C=N–C) groups is 1. The monoisotopic (exact) mass is 316 g/mol. The summed E-state index contributed by atoms with van der Waals surface area (Å²) in [5, 5.41) is 13.6. The smallest absolute Gasteiger partial charge is 0.266 e. The largest absolute Gasteiger partial charge is 0.382 e. The van der Waals surface area contributed by atoms with Crippen LogP contribution in [0.25, 0.3) is 0 Å². The Labute approximate surface area is 127 Å². The number of hydrogen-bond donors (Lipinski definition) is 2. The highest BCUT2D eigenvalue weighted by Crippen LogP contribution is 2.21. The van der Waals surface area contributed by atoms with Crippen LogP contribution in [0.4, 0.5) is 0 Å². The Morgan fingerprint density at radius 3 is 2.95 bits per heavy atom. The van der Waals surface area contributed by atoms with Crippen LogP contribution in [0.1, 0.15) is 16.7 Å². The van der Waals surface area contributed by atoms with Crippen LogP contribution >= 0.6 is 23.1 Å². The summed E-state index contributed by atoms with van der Waals surface area (Å²) in [5.41, 5.74) is 5.54. The van der Waals surface area contributed by atoms with Crippen LogP contribution in [0.15, 0.2) is 17.1 Å². The first kappa shape index (κ1) is 16.9. The van der Waals surface area contributed by atoms with Gasteiger partial charge in [-0.15, -0.1) is 11.3 Å². The van der Waals surface area contributed by atoms with Crippen molar-refractivity contribution in [1.82, 2.24) is 5.32 Å². The van der Waals surface area contributed by atoms with E-state index in [1.54, 1.807) is 23.1 Å². The molecular weight excluding hydrogens is 296 g/mol. The molecule has 0 spiro atoms. The Bertz CT molecular complexity index is 462. The highest BCUT2D eigenvalue weighted by molar-refractivity contribution is 7.98. The number of thiophene rings is 1. The summed E-state index contributed by atoms with van der Waals surface area (Å²) in [6.07, 6.45) is 0. The number of nitrogens with zero attached hydrogens (tertiary/aromatic N) is 2. The number of amidine groups is 1. The molecule has 0 aliphatic carbocycles. The molecule has 1 rings (SSSR count). The zero-order chi connectivity index (χ0) is 15.0. The molecule has 0 aliphatic heterocycles. The predicted octanol–water partition coefficient (Wildman–Crippen LogP) is 1.72. The SMILES string of the molecule is CNCc1ccc(CSCCN=C(N)C(C)[N+](=O)[O-])s1. The summed E-state index contributed by atoms with van der Waals surface area (Å²) in [6, 6.07) is 3.37. The van der Waals surface area contributed by atoms with E-state index < -0.39 is 11.0 Å². The van der Waals surface area contributed by atoms with Gasteiger partial charge in [-0.25, -0.2) is 0 Å². The maximum absolute atomic E-state index is 10.5. The fraction of sp³-hybridized carbons (Fsp3) is 0.583. The van der Waals surface area contributed by atoms with E-state index in [0.717, 1.165) is 18.1 Å². The molecule has 6 nitrogen and oxygen atoms in total. The van der Waals surface area contributed by atoms with Crippen LogP contribution in [0.5, 0.6) is 0 Å². The lowest BCUT2D eigenvalue weighted by molar-refractivity contribution is -0.498. The van der Waals surface area contributed by atoms with Crippen LogP contribution in [-0.2, 0) is 12.3 Å². The normalized spacial score (nSPS) is 13.4. The molecule has 0 aliphatic rings. The molecular formula is C12H20N4O2S2. The highest BCUT2D eigenvalue weighted by Gasteiger charge is 2.16. The summed E-state index contributed by atoms with van der Waals surface area (Å²) < 4.78 is 0. The first-order valence-electron chi connectivity index (χ1n) is 6.27. The third-order valence-corrected chi connectivity index (χ3v) is 4.84. The Morgan fingerprint density at radius 2 is 2.30 bits per heavy atom. The molecule has 0 amide bonds. The van der Waals surface area contributed by atoms with Gasteiger partial charge in [0.1, 0.15) is 0 Å². The molecule has 20 heavy (non-hydrogen) atoms. The Morgan fingerprint density at radius 1 is 1.60 bits per heavy atom. The lowest BCUT2D eigenvalue weighted by atomic mass is 10.3. The number of nitro groups is 1. The molecule has 0 radical (unpaired) electrons. The lowest BCUT2D eigenvalue weighted by Crippen LogP contribution is -2.33. The van der Waals surface area contributed by atoms with Gasteiger partial charge in [-0.1, -0.05) is 0 Å². The Hall–Kier alpha value is -1.12. The van der Waals surface area contributed by atoms with Gasteiger partial charge in [0.2, 0.25) is 0 Å². The standard InChI is InChI=1S/C12H20N4O2S2/c1-9(16(17)18)12(13)15-5-6-19-8-11-4-3-10(20-11)7-14-2/h3-4,9,14H,5-8H2,1-2H3,(H2,13,15). The molecule has 0 bridgehead atoms. The Balaban J connectivity index is 2.24. The van der Waals surface area contributed by atoms with Gasteiger partial charge in [-0.05, 0) is 19.2 Å². The van der Waals surface area contributed by atoms with Gasteiger partial charge in [-0.3, -0.25) is 15.1 Å². The van der Waals surface area contributed by atoms with Gasteiger partial charge < -0.3 is 11.1 Å². The molecule has 0 fully saturated rings. The minimum absolute atomic E-state index is 0.100. The van der Waals surface area contributed by atoms with Crippen molar-refractivity contribution in [1.29, 1.82) is 0 Å². The van der Waals surface area contributed by atoms with Crippen molar-refractivity contribution in [3.8, 4) is 0 Å². The summed E-state index contributed by atoms with van der Waals surface area (Å²) in [6.45, 7) is 2.86. The zero-order valence-electron chi connectivity index (χ0n) is 11.7. The average Bonchev–Trinajstić information content (AvgIpc) is 2.85. The molecule has 0 aromatic carbocycles. The average molecular weight is 316 g/mol. The van der Waals surface area contributed by atoms with Crippen molar-refractivity contribution in [3.05, 3.63) is 32.0 Å². The van der Waals surface area contributed by atoms with E-state index in [1.807, 2.05) is 7.05 Å². The van der Waals surface area contributed by atoms with Gasteiger partial charge in [0, 0.05) is 39.7 Å². The zero-order valence-corrected chi connectivity index (χ0v) is 13.3. The van der Waals surface area contributed by atoms with Gasteiger partial charge in [0.05, 0.1) is 6.54 Å². The van der Waals surface area contributed by atoms with E-state index in [1.165, 1.54) is 16.7 Å². The molecule has 8 heteroatoms. The van der Waals surface area contributed by atoms with Crippen molar-refractivity contribution in [2.45, 2.75) is 25.3 Å². The van der Waals surface area contributed by atoms with Gasteiger partial charge in [0.15, 0.2) is 5.84 Å². The van der Waals surface area contributed by atoms with Gasteiger partial charge in [-0.2, -0.15) is 11.8 Å². The van der Waals surface area contributed by atoms with Crippen molar-refractivity contribution < 1.29 is 4.92 Å². The second kappa shape index (κ2) is 8.93. The summed E-state index contributed by atoms with van der Waals surface area (Å²) in [7, 11) is 1.93. The van der Waals surface area contributed by atoms with Crippen molar-refractivity contribution in [2.75, 3.05) is 19.3 Å². The molecule has 1 unspecified atom stereocenters. The van der Waals surface area contributed by atoms with E-state index in [2.05, 4.69) is 22.4 Å². The molecule has 112 valence electrons. The maximum atomic E-state index is 10.5. The topological polar surface area (TPSA) is 93.5 Å². The van der Waals surface area contributed by atoms with E-state index in [-0.39, 0.29) is 5.84 Å². The van der Waals surface area contributed by atoms with Crippen LogP contribution in [0, 0.1) is 10.1 Å². The molecule has 1 aromatic rings. The van der Waals surface area contributed by atoms with Crippen molar-refractivity contribution >= 4 is 28.9 Å². The minimum Gasteiger partial charge on any atom is -0.382 e. The third-order valence-electron chi connectivity index (χ3n) is 2.59. The lowest BCUT2D eigenvalue weighted by Gasteiger charge is -2.02. The fourth-order valence-corrected chi connectivity index (χ4v) is 3.39.